The van der Waals surface area contributed by atoms with Gasteiger partial charge in [-0.3, -0.25) is 0 Å². The molecule has 0 radical (unpaired) electrons. The van der Waals surface area contributed by atoms with E-state index in [0.717, 1.165) is 11.4 Å². The first kappa shape index (κ1) is 22.1. The fourth-order valence-electron chi connectivity index (χ4n) is 2.61. The van der Waals surface area contributed by atoms with E-state index in [1.807, 2.05) is 24.3 Å². The summed E-state index contributed by atoms with van der Waals surface area (Å²) < 4.78 is 0. The Kier molecular flexibility index (Phi) is 8.67. The molecule has 0 saturated heterocycles. The van der Waals surface area contributed by atoms with E-state index in [4.69, 9.17) is 24.4 Å². The monoisotopic (exact) mass is 414 g/mol. The Morgan fingerprint density at radius 1 is 0.643 bits per heavy atom. The van der Waals surface area contributed by atoms with Gasteiger partial charge in [-0.15, -0.1) is 0 Å². The Balaban J connectivity index is 1.65. The fraction of sp³-hybridized carbons (Fsp3) is 0.364. The lowest BCUT2D eigenvalue weighted by atomic mass is 10.0. The highest BCUT2D eigenvalue weighted by molar-refractivity contribution is 7.80. The lowest BCUT2D eigenvalue weighted by Crippen LogP contribution is -2.38. The van der Waals surface area contributed by atoms with Gasteiger partial charge in [-0.05, 0) is 71.7 Å². The van der Waals surface area contributed by atoms with Crippen molar-refractivity contribution < 1.29 is 0 Å². The van der Waals surface area contributed by atoms with Gasteiger partial charge in [-0.25, -0.2) is 0 Å². The Morgan fingerprint density at radius 3 is 1.25 bits per heavy atom. The molecule has 4 N–H and O–H groups in total. The van der Waals surface area contributed by atoms with E-state index in [1.54, 1.807) is 0 Å². The molecule has 28 heavy (non-hydrogen) atoms. The van der Waals surface area contributed by atoms with E-state index in [-0.39, 0.29) is 0 Å². The molecule has 0 spiro atoms. The number of nitrogens with one attached hydrogen (secondary N) is 4. The fourth-order valence-corrected chi connectivity index (χ4v) is 3.05. The Morgan fingerprint density at radius 2 is 0.964 bits per heavy atom. The van der Waals surface area contributed by atoms with Crippen molar-refractivity contribution in [3.05, 3.63) is 59.7 Å². The second-order valence-corrected chi connectivity index (χ2v) is 8.13. The SMILES string of the molecule is CC(C)c1ccc(NC(=S)NCCNC(=S)Nc2ccc(C(C)C)cc2)cc1. The summed E-state index contributed by atoms with van der Waals surface area (Å²) in [6.45, 7) is 10.1. The zero-order chi connectivity index (χ0) is 20.5. The maximum atomic E-state index is 5.34. The summed E-state index contributed by atoms with van der Waals surface area (Å²) >= 11 is 10.7. The van der Waals surface area contributed by atoms with Crippen molar-refractivity contribution in [1.82, 2.24) is 10.6 Å². The molecule has 0 saturated carbocycles. The van der Waals surface area contributed by atoms with E-state index in [2.05, 4.69) is 73.2 Å². The molecule has 150 valence electrons. The van der Waals surface area contributed by atoms with Crippen molar-refractivity contribution in [2.75, 3.05) is 23.7 Å². The standard InChI is InChI=1S/C22H30N4S2/c1-15(2)17-5-9-19(10-6-17)25-21(27)23-13-14-24-22(28)26-20-11-7-18(8-12-20)16(3)4/h5-12,15-16H,13-14H2,1-4H3,(H2,23,25,27)(H2,24,26,28). The first-order valence-corrected chi connectivity index (χ1v) is 10.5. The molecule has 0 heterocycles. The quantitative estimate of drug-likeness (QED) is 0.369. The van der Waals surface area contributed by atoms with Gasteiger partial charge in [-0.1, -0.05) is 52.0 Å². The third-order valence-electron chi connectivity index (χ3n) is 4.37. The molecule has 0 aliphatic carbocycles. The Bertz CT molecular complexity index is 701. The van der Waals surface area contributed by atoms with Gasteiger partial charge >= 0.3 is 0 Å². The van der Waals surface area contributed by atoms with Gasteiger partial charge in [0.2, 0.25) is 0 Å². The maximum absolute atomic E-state index is 5.34. The zero-order valence-corrected chi connectivity index (χ0v) is 18.6. The van der Waals surface area contributed by atoms with E-state index in [1.165, 1.54) is 11.1 Å². The maximum Gasteiger partial charge on any atom is 0.170 e. The third kappa shape index (κ3) is 7.44. The predicted molar refractivity (Wildman–Crippen MR) is 130 cm³/mol. The molecular formula is C22H30N4S2. The highest BCUT2D eigenvalue weighted by Crippen LogP contribution is 2.17. The number of thiocarbonyl (C=S) groups is 2. The van der Waals surface area contributed by atoms with E-state index < -0.39 is 0 Å². The molecule has 0 aliphatic rings. The number of hydrogen-bond acceptors (Lipinski definition) is 2. The predicted octanol–water partition coefficient (Wildman–Crippen LogP) is 5.21. The number of benzene rings is 2. The van der Waals surface area contributed by atoms with Crippen LogP contribution in [0.1, 0.15) is 50.7 Å². The van der Waals surface area contributed by atoms with E-state index >= 15 is 0 Å². The summed E-state index contributed by atoms with van der Waals surface area (Å²) in [5.41, 5.74) is 4.59. The summed E-state index contributed by atoms with van der Waals surface area (Å²) in [5, 5.41) is 13.9. The largest absolute Gasteiger partial charge is 0.361 e. The second kappa shape index (κ2) is 11.0. The summed E-state index contributed by atoms with van der Waals surface area (Å²) in [6, 6.07) is 16.7. The van der Waals surface area contributed by atoms with Crippen molar-refractivity contribution in [1.29, 1.82) is 0 Å². The van der Waals surface area contributed by atoms with Crippen molar-refractivity contribution in [2.24, 2.45) is 0 Å². The van der Waals surface area contributed by atoms with Crippen LogP contribution in [0.15, 0.2) is 48.5 Å². The van der Waals surface area contributed by atoms with Crippen LogP contribution in [0.2, 0.25) is 0 Å². The summed E-state index contributed by atoms with van der Waals surface area (Å²) in [7, 11) is 0. The lowest BCUT2D eigenvalue weighted by molar-refractivity contribution is 0.821. The smallest absolute Gasteiger partial charge is 0.170 e. The van der Waals surface area contributed by atoms with Gasteiger partial charge in [-0.2, -0.15) is 0 Å². The number of anilines is 2. The highest BCUT2D eigenvalue weighted by Gasteiger charge is 2.02. The summed E-state index contributed by atoms with van der Waals surface area (Å²) in [6.07, 6.45) is 0. The van der Waals surface area contributed by atoms with Gasteiger partial charge in [0, 0.05) is 24.5 Å². The van der Waals surface area contributed by atoms with Crippen molar-refractivity contribution in [3.63, 3.8) is 0 Å². The van der Waals surface area contributed by atoms with Gasteiger partial charge < -0.3 is 21.3 Å². The lowest BCUT2D eigenvalue weighted by Gasteiger charge is -2.14. The van der Waals surface area contributed by atoms with Crippen LogP contribution >= 0.6 is 24.4 Å². The summed E-state index contributed by atoms with van der Waals surface area (Å²) in [5.74, 6) is 1.05. The van der Waals surface area contributed by atoms with Crippen molar-refractivity contribution >= 4 is 46.0 Å². The molecule has 4 nitrogen and oxygen atoms in total. The molecule has 0 fully saturated rings. The van der Waals surface area contributed by atoms with Gasteiger partial charge in [0.1, 0.15) is 0 Å². The molecule has 6 heteroatoms. The summed E-state index contributed by atoms with van der Waals surface area (Å²) in [4.78, 5) is 0. The molecule has 0 bridgehead atoms. The minimum absolute atomic E-state index is 0.524. The average Bonchev–Trinajstić information content (AvgIpc) is 2.66. The average molecular weight is 415 g/mol. The van der Waals surface area contributed by atoms with E-state index in [0.29, 0.717) is 35.2 Å². The molecule has 0 unspecified atom stereocenters. The molecule has 0 aromatic heterocycles. The Hall–Kier alpha value is -2.18. The van der Waals surface area contributed by atoms with Gasteiger partial charge in [0.05, 0.1) is 0 Å². The molecule has 2 rings (SSSR count). The van der Waals surface area contributed by atoms with Gasteiger partial charge in [0.15, 0.2) is 10.2 Å². The van der Waals surface area contributed by atoms with Crippen LogP contribution in [0, 0.1) is 0 Å². The molecule has 2 aromatic carbocycles. The second-order valence-electron chi connectivity index (χ2n) is 7.32. The number of rotatable bonds is 7. The zero-order valence-electron chi connectivity index (χ0n) is 17.0. The normalized spacial score (nSPS) is 10.6. The topological polar surface area (TPSA) is 48.1 Å². The molecular weight excluding hydrogens is 384 g/mol. The van der Waals surface area contributed by atoms with Crippen LogP contribution in [0.4, 0.5) is 11.4 Å². The van der Waals surface area contributed by atoms with E-state index in [9.17, 15) is 0 Å². The molecule has 0 amide bonds. The highest BCUT2D eigenvalue weighted by atomic mass is 32.1. The Labute approximate surface area is 179 Å². The van der Waals surface area contributed by atoms with Crippen LogP contribution in [0.3, 0.4) is 0 Å². The molecule has 2 aromatic rings. The van der Waals surface area contributed by atoms with Crippen LogP contribution in [-0.2, 0) is 0 Å². The van der Waals surface area contributed by atoms with Crippen LogP contribution in [0.25, 0.3) is 0 Å². The van der Waals surface area contributed by atoms with Crippen molar-refractivity contribution in [2.45, 2.75) is 39.5 Å². The van der Waals surface area contributed by atoms with Crippen LogP contribution in [-0.4, -0.2) is 23.3 Å². The van der Waals surface area contributed by atoms with Crippen molar-refractivity contribution in [3.8, 4) is 0 Å². The molecule has 0 atom stereocenters. The first-order valence-electron chi connectivity index (χ1n) is 9.64. The minimum atomic E-state index is 0.524. The van der Waals surface area contributed by atoms with Crippen LogP contribution in [0.5, 0.6) is 0 Å². The first-order chi connectivity index (χ1) is 13.3. The van der Waals surface area contributed by atoms with Gasteiger partial charge in [0.25, 0.3) is 0 Å². The van der Waals surface area contributed by atoms with Crippen LogP contribution < -0.4 is 21.3 Å². The minimum Gasteiger partial charge on any atom is -0.361 e. The number of hydrogen-bond donors (Lipinski definition) is 4. The third-order valence-corrected chi connectivity index (χ3v) is 4.86. The molecule has 0 aliphatic heterocycles.